The number of hydrogen-bond donors (Lipinski definition) is 2. The van der Waals surface area contributed by atoms with Crippen molar-refractivity contribution in [2.45, 2.75) is 85.2 Å². The van der Waals surface area contributed by atoms with E-state index in [4.69, 9.17) is 5.11 Å². The van der Waals surface area contributed by atoms with Crippen molar-refractivity contribution in [3.05, 3.63) is 11.6 Å². The van der Waals surface area contributed by atoms with Crippen molar-refractivity contribution >= 4 is 0 Å². The van der Waals surface area contributed by atoms with Gasteiger partial charge in [-0.15, -0.1) is 0 Å². The Kier molecular flexibility index (Phi) is 5.14. The zero-order valence-electron chi connectivity index (χ0n) is 15.3. The summed E-state index contributed by atoms with van der Waals surface area (Å²) in [6, 6.07) is 0. The van der Waals surface area contributed by atoms with Crippen molar-refractivity contribution in [2.24, 2.45) is 22.7 Å². The summed E-state index contributed by atoms with van der Waals surface area (Å²) in [6.07, 6.45) is 9.69. The van der Waals surface area contributed by atoms with E-state index in [0.29, 0.717) is 17.3 Å². The van der Waals surface area contributed by atoms with Gasteiger partial charge in [0.1, 0.15) is 0 Å². The SMILES string of the molecule is C/C(=C\CO)CC[C@@]1(O)[C@@H](C)CC[C@H]2C(C)(C)CCC[C@@]21C. The number of fused-ring (bicyclic) bond motifs is 1. The normalized spacial score (nSPS) is 42.0. The summed E-state index contributed by atoms with van der Waals surface area (Å²) < 4.78 is 0. The zero-order chi connectivity index (χ0) is 16.6. The number of rotatable bonds is 4. The molecule has 2 rings (SSSR count). The smallest absolute Gasteiger partial charge is 0.0732 e. The zero-order valence-corrected chi connectivity index (χ0v) is 15.3. The molecule has 2 N–H and O–H groups in total. The molecule has 2 nitrogen and oxygen atoms in total. The second-order valence-corrected chi connectivity index (χ2v) is 8.95. The van der Waals surface area contributed by atoms with E-state index in [9.17, 15) is 5.11 Å². The molecule has 0 aromatic rings. The van der Waals surface area contributed by atoms with Gasteiger partial charge < -0.3 is 10.2 Å². The van der Waals surface area contributed by atoms with E-state index in [-0.39, 0.29) is 12.0 Å². The average molecular weight is 309 g/mol. The standard InChI is InChI=1S/C20H36O2/c1-15(10-14-21)9-13-20(22)16(2)7-8-17-18(3,4)11-6-12-19(17,20)5/h10,16-17,21-22H,6-9,11-14H2,1-5H3/b15-10+/t16-,17-,19-,20+/m0/s1. The molecule has 0 spiro atoms. The Labute approximate surface area is 137 Å². The molecular formula is C20H36O2. The second kappa shape index (κ2) is 6.28. The van der Waals surface area contributed by atoms with Crippen LogP contribution in [-0.4, -0.2) is 22.4 Å². The molecule has 128 valence electrons. The van der Waals surface area contributed by atoms with Crippen LogP contribution in [0.3, 0.4) is 0 Å². The monoisotopic (exact) mass is 308 g/mol. The van der Waals surface area contributed by atoms with Crippen molar-refractivity contribution in [3.8, 4) is 0 Å². The van der Waals surface area contributed by atoms with Crippen LogP contribution in [0.15, 0.2) is 11.6 Å². The summed E-state index contributed by atoms with van der Waals surface area (Å²) in [5, 5.41) is 20.8. The lowest BCUT2D eigenvalue weighted by Crippen LogP contribution is -2.62. The van der Waals surface area contributed by atoms with E-state index >= 15 is 0 Å². The van der Waals surface area contributed by atoms with Crippen molar-refractivity contribution in [3.63, 3.8) is 0 Å². The van der Waals surface area contributed by atoms with E-state index in [0.717, 1.165) is 25.7 Å². The summed E-state index contributed by atoms with van der Waals surface area (Å²) in [7, 11) is 0. The maximum absolute atomic E-state index is 11.8. The molecule has 0 aliphatic heterocycles. The van der Waals surface area contributed by atoms with Gasteiger partial charge in [-0.25, -0.2) is 0 Å². The van der Waals surface area contributed by atoms with Crippen LogP contribution in [0, 0.1) is 22.7 Å². The summed E-state index contributed by atoms with van der Waals surface area (Å²) in [5.74, 6) is 0.988. The van der Waals surface area contributed by atoms with E-state index in [2.05, 4.69) is 34.6 Å². The molecule has 4 atom stereocenters. The molecule has 2 heteroatoms. The Morgan fingerprint density at radius 2 is 1.86 bits per heavy atom. The van der Waals surface area contributed by atoms with Gasteiger partial charge >= 0.3 is 0 Å². The minimum atomic E-state index is -0.571. The summed E-state index contributed by atoms with van der Waals surface area (Å²) in [6.45, 7) is 11.6. The molecule has 22 heavy (non-hydrogen) atoms. The molecule has 2 aliphatic carbocycles. The van der Waals surface area contributed by atoms with Gasteiger partial charge in [0.15, 0.2) is 0 Å². The first kappa shape index (κ1) is 18.0. The molecule has 0 saturated heterocycles. The number of hydrogen-bond acceptors (Lipinski definition) is 2. The second-order valence-electron chi connectivity index (χ2n) is 8.95. The summed E-state index contributed by atoms with van der Waals surface area (Å²) in [5.41, 5.74) is 1.00. The third-order valence-electron chi connectivity index (χ3n) is 7.26. The highest BCUT2D eigenvalue weighted by Crippen LogP contribution is 2.63. The molecular weight excluding hydrogens is 272 g/mol. The highest BCUT2D eigenvalue weighted by molar-refractivity contribution is 5.12. The average Bonchev–Trinajstić information content (AvgIpc) is 2.42. The van der Waals surface area contributed by atoms with Gasteiger partial charge in [-0.3, -0.25) is 0 Å². The summed E-state index contributed by atoms with van der Waals surface area (Å²) in [4.78, 5) is 0. The Hall–Kier alpha value is -0.340. The molecule has 0 aromatic heterocycles. The lowest BCUT2D eigenvalue weighted by atomic mass is 9.44. The van der Waals surface area contributed by atoms with E-state index in [1.807, 2.05) is 6.08 Å². The fraction of sp³-hybridized carbons (Fsp3) is 0.900. The lowest BCUT2D eigenvalue weighted by Gasteiger charge is -2.63. The molecule has 2 aliphatic rings. The van der Waals surface area contributed by atoms with Gasteiger partial charge in [-0.05, 0) is 68.1 Å². The fourth-order valence-corrected chi connectivity index (χ4v) is 5.75. The van der Waals surface area contributed by atoms with Crippen LogP contribution in [0.2, 0.25) is 0 Å². The molecule has 0 radical (unpaired) electrons. The Bertz CT molecular complexity index is 425. The van der Waals surface area contributed by atoms with Crippen LogP contribution in [0.4, 0.5) is 0 Å². The van der Waals surface area contributed by atoms with E-state index < -0.39 is 5.60 Å². The van der Waals surface area contributed by atoms with Crippen LogP contribution in [0.25, 0.3) is 0 Å². The number of aliphatic hydroxyl groups excluding tert-OH is 1. The maximum atomic E-state index is 11.8. The van der Waals surface area contributed by atoms with Crippen LogP contribution in [0.5, 0.6) is 0 Å². The van der Waals surface area contributed by atoms with Crippen LogP contribution >= 0.6 is 0 Å². The van der Waals surface area contributed by atoms with Crippen LogP contribution in [-0.2, 0) is 0 Å². The van der Waals surface area contributed by atoms with Crippen molar-refractivity contribution < 1.29 is 10.2 Å². The molecule has 2 saturated carbocycles. The fourth-order valence-electron chi connectivity index (χ4n) is 5.75. The minimum absolute atomic E-state index is 0.0336. The minimum Gasteiger partial charge on any atom is -0.392 e. The quantitative estimate of drug-likeness (QED) is 0.739. The highest BCUT2D eigenvalue weighted by atomic mass is 16.3. The van der Waals surface area contributed by atoms with E-state index in [1.165, 1.54) is 24.8 Å². The van der Waals surface area contributed by atoms with Crippen LogP contribution in [0.1, 0.15) is 79.6 Å². The van der Waals surface area contributed by atoms with Gasteiger partial charge in [0.25, 0.3) is 0 Å². The molecule has 2 fully saturated rings. The highest BCUT2D eigenvalue weighted by Gasteiger charge is 2.60. The molecule has 0 heterocycles. The Morgan fingerprint density at radius 1 is 1.18 bits per heavy atom. The molecule has 0 amide bonds. The van der Waals surface area contributed by atoms with Gasteiger partial charge in [0.05, 0.1) is 12.2 Å². The first-order valence-electron chi connectivity index (χ1n) is 9.16. The molecule has 0 unspecified atom stereocenters. The van der Waals surface area contributed by atoms with Crippen molar-refractivity contribution in [2.75, 3.05) is 6.61 Å². The predicted molar refractivity (Wildman–Crippen MR) is 92.7 cm³/mol. The topological polar surface area (TPSA) is 40.5 Å². The maximum Gasteiger partial charge on any atom is 0.0732 e. The Morgan fingerprint density at radius 3 is 2.50 bits per heavy atom. The van der Waals surface area contributed by atoms with Gasteiger partial charge in [-0.2, -0.15) is 0 Å². The van der Waals surface area contributed by atoms with Gasteiger partial charge in [-0.1, -0.05) is 45.8 Å². The number of allylic oxidation sites excluding steroid dienone is 1. The lowest BCUT2D eigenvalue weighted by molar-refractivity contribution is -0.211. The predicted octanol–water partition coefficient (Wildman–Crippen LogP) is 4.70. The van der Waals surface area contributed by atoms with Crippen molar-refractivity contribution in [1.29, 1.82) is 0 Å². The van der Waals surface area contributed by atoms with Crippen LogP contribution < -0.4 is 0 Å². The third kappa shape index (κ3) is 2.89. The van der Waals surface area contributed by atoms with Gasteiger partial charge in [0, 0.05) is 0 Å². The summed E-state index contributed by atoms with van der Waals surface area (Å²) >= 11 is 0. The third-order valence-corrected chi connectivity index (χ3v) is 7.26. The molecule has 0 bridgehead atoms. The first-order valence-corrected chi connectivity index (χ1v) is 9.16. The first-order chi connectivity index (χ1) is 10.2. The number of aliphatic hydroxyl groups is 2. The Balaban J connectivity index is 2.28. The molecule has 0 aromatic carbocycles. The van der Waals surface area contributed by atoms with Gasteiger partial charge in [0.2, 0.25) is 0 Å². The van der Waals surface area contributed by atoms with Crippen molar-refractivity contribution in [1.82, 2.24) is 0 Å². The van der Waals surface area contributed by atoms with E-state index in [1.54, 1.807) is 0 Å². The largest absolute Gasteiger partial charge is 0.392 e.